The van der Waals surface area contributed by atoms with Crippen LogP contribution in [-0.2, 0) is 0 Å². The summed E-state index contributed by atoms with van der Waals surface area (Å²) in [5, 5.41) is 8.82. The van der Waals surface area contributed by atoms with Crippen LogP contribution in [0, 0.1) is 0 Å². The zero-order valence-corrected chi connectivity index (χ0v) is 9.02. The summed E-state index contributed by atoms with van der Waals surface area (Å²) in [5.41, 5.74) is 1.15. The minimum absolute atomic E-state index is 0.256. The van der Waals surface area contributed by atoms with Crippen LogP contribution in [0.2, 0.25) is 0 Å². The molecule has 2 rings (SSSR count). The first kappa shape index (κ1) is 10.3. The second-order valence-electron chi connectivity index (χ2n) is 3.91. The number of aliphatic hydroxyl groups is 1. The molecule has 15 heavy (non-hydrogen) atoms. The Bertz CT molecular complexity index is 327. The summed E-state index contributed by atoms with van der Waals surface area (Å²) in [6, 6.07) is 8.45. The molecule has 0 aromatic heterocycles. The summed E-state index contributed by atoms with van der Waals surface area (Å²) in [7, 11) is 2.09. The minimum Gasteiger partial charge on any atom is -0.489 e. The zero-order valence-electron chi connectivity index (χ0n) is 9.02. The monoisotopic (exact) mass is 207 g/mol. The third-order valence-electron chi connectivity index (χ3n) is 2.92. The molecule has 0 fully saturated rings. The molecule has 0 aliphatic carbocycles. The molecule has 0 saturated carbocycles. The Kier molecular flexibility index (Phi) is 3.11. The lowest BCUT2D eigenvalue weighted by molar-refractivity contribution is 0.236. The Hall–Kier alpha value is -1.22. The first-order valence-electron chi connectivity index (χ1n) is 5.38. The Labute approximate surface area is 90.3 Å². The van der Waals surface area contributed by atoms with E-state index in [4.69, 9.17) is 9.84 Å². The molecule has 1 unspecified atom stereocenters. The number of benzene rings is 1. The van der Waals surface area contributed by atoms with Crippen LogP contribution >= 0.6 is 0 Å². The molecule has 0 bridgehead atoms. The molecule has 0 saturated heterocycles. The molecule has 3 nitrogen and oxygen atoms in total. The number of aliphatic hydroxyl groups excluding tert-OH is 1. The van der Waals surface area contributed by atoms with Crippen molar-refractivity contribution in [2.24, 2.45) is 0 Å². The fourth-order valence-electron chi connectivity index (χ4n) is 1.97. The van der Waals surface area contributed by atoms with Crippen molar-refractivity contribution in [2.45, 2.75) is 18.9 Å². The quantitative estimate of drug-likeness (QED) is 0.818. The summed E-state index contributed by atoms with van der Waals surface area (Å²) in [4.78, 5) is 2.24. The van der Waals surface area contributed by atoms with Gasteiger partial charge in [0.1, 0.15) is 12.4 Å². The van der Waals surface area contributed by atoms with Crippen molar-refractivity contribution in [1.82, 2.24) is 0 Å². The van der Waals surface area contributed by atoms with Gasteiger partial charge in [-0.05, 0) is 25.0 Å². The van der Waals surface area contributed by atoms with E-state index < -0.39 is 0 Å². The predicted octanol–water partition coefficient (Wildman–Crippen LogP) is 1.66. The molecule has 1 heterocycles. The fraction of sp³-hybridized carbons (Fsp3) is 0.500. The van der Waals surface area contributed by atoms with Crippen molar-refractivity contribution in [1.29, 1.82) is 0 Å². The van der Waals surface area contributed by atoms with Gasteiger partial charge in [-0.1, -0.05) is 12.1 Å². The van der Waals surface area contributed by atoms with Crippen molar-refractivity contribution in [2.75, 3.05) is 25.2 Å². The number of hydrogen-bond acceptors (Lipinski definition) is 3. The van der Waals surface area contributed by atoms with Crippen LogP contribution in [0.5, 0.6) is 5.75 Å². The number of nitrogens with zero attached hydrogens (tertiary/aromatic N) is 1. The standard InChI is InChI=1S/C12H17NO2/c1-13-10(5-4-8-14)9-15-12-7-3-2-6-11(12)13/h2-3,6-7,10,14H,4-5,8-9H2,1H3. The Morgan fingerprint density at radius 2 is 2.27 bits per heavy atom. The van der Waals surface area contributed by atoms with E-state index in [1.54, 1.807) is 0 Å². The summed E-state index contributed by atoms with van der Waals surface area (Å²) in [6.45, 7) is 0.972. The molecule has 82 valence electrons. The maximum Gasteiger partial charge on any atom is 0.142 e. The maximum absolute atomic E-state index is 8.82. The van der Waals surface area contributed by atoms with E-state index in [0.717, 1.165) is 24.3 Å². The van der Waals surface area contributed by atoms with Crippen LogP contribution in [0.4, 0.5) is 5.69 Å². The van der Waals surface area contributed by atoms with Gasteiger partial charge in [0.2, 0.25) is 0 Å². The van der Waals surface area contributed by atoms with Crippen LogP contribution in [0.15, 0.2) is 24.3 Å². The maximum atomic E-state index is 8.82. The largest absolute Gasteiger partial charge is 0.489 e. The molecule has 0 spiro atoms. The first-order chi connectivity index (χ1) is 7.33. The van der Waals surface area contributed by atoms with E-state index in [2.05, 4.69) is 18.0 Å². The van der Waals surface area contributed by atoms with Gasteiger partial charge in [-0.15, -0.1) is 0 Å². The number of anilines is 1. The molecule has 3 heteroatoms. The van der Waals surface area contributed by atoms with Crippen LogP contribution in [0.3, 0.4) is 0 Å². The van der Waals surface area contributed by atoms with E-state index >= 15 is 0 Å². The van der Waals surface area contributed by atoms with E-state index in [9.17, 15) is 0 Å². The summed E-state index contributed by atoms with van der Waals surface area (Å²) < 4.78 is 5.68. The predicted molar refractivity (Wildman–Crippen MR) is 60.4 cm³/mol. The highest BCUT2D eigenvalue weighted by atomic mass is 16.5. The van der Waals surface area contributed by atoms with Crippen molar-refractivity contribution in [3.63, 3.8) is 0 Å². The molecule has 1 atom stereocenters. The van der Waals surface area contributed by atoms with Gasteiger partial charge in [-0.3, -0.25) is 0 Å². The number of fused-ring (bicyclic) bond motifs is 1. The van der Waals surface area contributed by atoms with Gasteiger partial charge in [-0.2, -0.15) is 0 Å². The van der Waals surface area contributed by atoms with Crippen molar-refractivity contribution >= 4 is 5.69 Å². The lowest BCUT2D eigenvalue weighted by Gasteiger charge is -2.35. The molecule has 0 amide bonds. The van der Waals surface area contributed by atoms with E-state index in [1.165, 1.54) is 0 Å². The number of para-hydroxylation sites is 2. The van der Waals surface area contributed by atoms with E-state index in [0.29, 0.717) is 12.6 Å². The highest BCUT2D eigenvalue weighted by molar-refractivity contribution is 5.59. The van der Waals surface area contributed by atoms with E-state index in [1.807, 2.05) is 18.2 Å². The van der Waals surface area contributed by atoms with Gasteiger partial charge in [0.15, 0.2) is 0 Å². The second kappa shape index (κ2) is 4.53. The van der Waals surface area contributed by atoms with Gasteiger partial charge in [0.25, 0.3) is 0 Å². The number of likely N-dealkylation sites (N-methyl/N-ethyl adjacent to an activating group) is 1. The third kappa shape index (κ3) is 2.07. The van der Waals surface area contributed by atoms with Crippen LogP contribution in [0.25, 0.3) is 0 Å². The zero-order chi connectivity index (χ0) is 10.7. The lowest BCUT2D eigenvalue weighted by atomic mass is 10.1. The number of ether oxygens (including phenoxy) is 1. The number of rotatable bonds is 3. The molecule has 1 aromatic carbocycles. The van der Waals surface area contributed by atoms with Gasteiger partial charge in [-0.25, -0.2) is 0 Å². The molecule has 1 aliphatic rings. The van der Waals surface area contributed by atoms with Crippen molar-refractivity contribution in [3.05, 3.63) is 24.3 Å². The highest BCUT2D eigenvalue weighted by Gasteiger charge is 2.23. The first-order valence-corrected chi connectivity index (χ1v) is 5.38. The third-order valence-corrected chi connectivity index (χ3v) is 2.92. The van der Waals surface area contributed by atoms with Gasteiger partial charge in [0, 0.05) is 13.7 Å². The Morgan fingerprint density at radius 1 is 1.47 bits per heavy atom. The molecule has 1 aromatic rings. The van der Waals surface area contributed by atoms with Crippen LogP contribution < -0.4 is 9.64 Å². The minimum atomic E-state index is 0.256. The smallest absolute Gasteiger partial charge is 0.142 e. The Balaban J connectivity index is 2.11. The van der Waals surface area contributed by atoms with Gasteiger partial charge in [0.05, 0.1) is 11.7 Å². The Morgan fingerprint density at radius 3 is 3.07 bits per heavy atom. The van der Waals surface area contributed by atoms with Gasteiger partial charge >= 0.3 is 0 Å². The molecule has 1 aliphatic heterocycles. The van der Waals surface area contributed by atoms with E-state index in [-0.39, 0.29) is 6.61 Å². The lowest BCUT2D eigenvalue weighted by Crippen LogP contribution is -2.40. The molecule has 1 N–H and O–H groups in total. The average molecular weight is 207 g/mol. The fourth-order valence-corrected chi connectivity index (χ4v) is 1.97. The van der Waals surface area contributed by atoms with Crippen LogP contribution in [0.1, 0.15) is 12.8 Å². The molecular formula is C12H17NO2. The summed E-state index contributed by atoms with van der Waals surface area (Å²) >= 11 is 0. The molecular weight excluding hydrogens is 190 g/mol. The number of hydrogen-bond donors (Lipinski definition) is 1. The van der Waals surface area contributed by atoms with Gasteiger partial charge < -0.3 is 14.7 Å². The molecule has 0 radical (unpaired) electrons. The normalized spacial score (nSPS) is 19.6. The topological polar surface area (TPSA) is 32.7 Å². The highest BCUT2D eigenvalue weighted by Crippen LogP contribution is 2.33. The second-order valence-corrected chi connectivity index (χ2v) is 3.91. The van der Waals surface area contributed by atoms with Crippen molar-refractivity contribution in [3.8, 4) is 5.75 Å². The summed E-state index contributed by atoms with van der Waals surface area (Å²) in [6.07, 6.45) is 1.81. The summed E-state index contributed by atoms with van der Waals surface area (Å²) in [5.74, 6) is 0.959. The SMILES string of the molecule is CN1c2ccccc2OCC1CCCO. The van der Waals surface area contributed by atoms with Crippen molar-refractivity contribution < 1.29 is 9.84 Å². The van der Waals surface area contributed by atoms with Crippen LogP contribution in [-0.4, -0.2) is 31.4 Å². The average Bonchev–Trinajstić information content (AvgIpc) is 2.29.